The van der Waals surface area contributed by atoms with E-state index in [0.29, 0.717) is 31.6 Å². The topological polar surface area (TPSA) is 84.0 Å². The molecule has 0 N–H and O–H groups in total. The number of halogens is 1. The standard InChI is InChI=1S/C22H25FN2O5S/c1-16-3-7-19(8-4-16)25(31(28,29)20-9-5-18(23)6-10-20)15-21(26)24-13-11-17(12-14-24)22(27)30-2/h3-10,17H,11-15H2,1-2H3. The summed E-state index contributed by atoms with van der Waals surface area (Å²) in [6.07, 6.45) is 0.932. The maximum atomic E-state index is 13.3. The van der Waals surface area contributed by atoms with Crippen LogP contribution in [0.3, 0.4) is 0 Å². The summed E-state index contributed by atoms with van der Waals surface area (Å²) in [5.41, 5.74) is 1.28. The highest BCUT2D eigenvalue weighted by Crippen LogP contribution is 2.25. The molecular formula is C22H25FN2O5S. The number of anilines is 1. The third kappa shape index (κ3) is 5.22. The molecule has 1 saturated heterocycles. The summed E-state index contributed by atoms with van der Waals surface area (Å²) in [6.45, 7) is 2.17. The lowest BCUT2D eigenvalue weighted by molar-refractivity contribution is -0.148. The number of ether oxygens (including phenoxy) is 1. The molecular weight excluding hydrogens is 423 g/mol. The maximum absolute atomic E-state index is 13.3. The van der Waals surface area contributed by atoms with Crippen LogP contribution in [0.4, 0.5) is 10.1 Å². The molecule has 0 unspecified atom stereocenters. The molecule has 0 aliphatic carbocycles. The van der Waals surface area contributed by atoms with E-state index >= 15 is 0 Å². The number of carbonyl (C=O) groups is 2. The van der Waals surface area contributed by atoms with Crippen LogP contribution >= 0.6 is 0 Å². The number of hydrogen-bond donors (Lipinski definition) is 0. The van der Waals surface area contributed by atoms with Gasteiger partial charge in [-0.3, -0.25) is 13.9 Å². The van der Waals surface area contributed by atoms with Crippen molar-refractivity contribution in [2.24, 2.45) is 5.92 Å². The molecule has 2 aromatic rings. The fourth-order valence-electron chi connectivity index (χ4n) is 3.51. The highest BCUT2D eigenvalue weighted by Gasteiger charge is 2.32. The van der Waals surface area contributed by atoms with Crippen LogP contribution in [0.2, 0.25) is 0 Å². The van der Waals surface area contributed by atoms with Crippen LogP contribution in [0.25, 0.3) is 0 Å². The second kappa shape index (κ2) is 9.47. The molecule has 1 heterocycles. The maximum Gasteiger partial charge on any atom is 0.308 e. The Morgan fingerprint density at radius 1 is 1.06 bits per heavy atom. The lowest BCUT2D eigenvalue weighted by Crippen LogP contribution is -2.46. The molecule has 0 atom stereocenters. The Kier molecular flexibility index (Phi) is 6.94. The number of amides is 1. The zero-order valence-electron chi connectivity index (χ0n) is 17.5. The summed E-state index contributed by atoms with van der Waals surface area (Å²) in [5, 5.41) is 0. The smallest absolute Gasteiger partial charge is 0.308 e. The lowest BCUT2D eigenvalue weighted by Gasteiger charge is -2.33. The highest BCUT2D eigenvalue weighted by molar-refractivity contribution is 7.92. The Morgan fingerprint density at radius 3 is 2.19 bits per heavy atom. The summed E-state index contributed by atoms with van der Waals surface area (Å²) in [4.78, 5) is 26.1. The minimum Gasteiger partial charge on any atom is -0.469 e. The summed E-state index contributed by atoms with van der Waals surface area (Å²) in [7, 11) is -2.77. The Hall–Kier alpha value is -2.94. The quantitative estimate of drug-likeness (QED) is 0.635. The molecule has 31 heavy (non-hydrogen) atoms. The second-order valence-electron chi connectivity index (χ2n) is 7.48. The van der Waals surface area contributed by atoms with Crippen molar-refractivity contribution in [3.05, 3.63) is 59.9 Å². The number of likely N-dealkylation sites (tertiary alicyclic amines) is 1. The Labute approximate surface area is 181 Å². The van der Waals surface area contributed by atoms with Crippen LogP contribution in [0, 0.1) is 18.7 Å². The van der Waals surface area contributed by atoms with E-state index in [2.05, 4.69) is 0 Å². The molecule has 7 nitrogen and oxygen atoms in total. The fourth-order valence-corrected chi connectivity index (χ4v) is 4.93. The van der Waals surface area contributed by atoms with Gasteiger partial charge in [-0.1, -0.05) is 17.7 Å². The number of aryl methyl sites for hydroxylation is 1. The van der Waals surface area contributed by atoms with E-state index < -0.39 is 22.4 Å². The second-order valence-corrected chi connectivity index (χ2v) is 9.34. The van der Waals surface area contributed by atoms with Gasteiger partial charge in [-0.25, -0.2) is 12.8 Å². The molecule has 0 saturated carbocycles. The van der Waals surface area contributed by atoms with Gasteiger partial charge >= 0.3 is 5.97 Å². The van der Waals surface area contributed by atoms with Crippen molar-refractivity contribution in [3.63, 3.8) is 0 Å². The number of sulfonamides is 1. The average Bonchev–Trinajstić information content (AvgIpc) is 2.78. The van der Waals surface area contributed by atoms with E-state index in [4.69, 9.17) is 4.74 Å². The summed E-state index contributed by atoms with van der Waals surface area (Å²) in [6, 6.07) is 11.3. The lowest BCUT2D eigenvalue weighted by atomic mass is 9.97. The first-order valence-electron chi connectivity index (χ1n) is 9.93. The Morgan fingerprint density at radius 2 is 1.65 bits per heavy atom. The summed E-state index contributed by atoms with van der Waals surface area (Å²) in [5.74, 6) is -1.47. The van der Waals surface area contributed by atoms with Crippen molar-refractivity contribution in [2.45, 2.75) is 24.7 Å². The summed E-state index contributed by atoms with van der Waals surface area (Å²) < 4.78 is 45.7. The number of benzene rings is 2. The average molecular weight is 449 g/mol. The molecule has 166 valence electrons. The van der Waals surface area contributed by atoms with Gasteiger partial charge in [0.25, 0.3) is 10.0 Å². The minimum atomic E-state index is -4.10. The van der Waals surface area contributed by atoms with Crippen LogP contribution in [-0.2, 0) is 24.3 Å². The van der Waals surface area contributed by atoms with E-state index in [-0.39, 0.29) is 22.7 Å². The molecule has 9 heteroatoms. The predicted molar refractivity (Wildman–Crippen MR) is 113 cm³/mol. The monoisotopic (exact) mass is 448 g/mol. The Balaban J connectivity index is 1.84. The molecule has 1 amide bonds. The number of nitrogens with zero attached hydrogens (tertiary/aromatic N) is 2. The van der Waals surface area contributed by atoms with E-state index in [9.17, 15) is 22.4 Å². The van der Waals surface area contributed by atoms with Gasteiger partial charge in [0.05, 0.1) is 23.6 Å². The van der Waals surface area contributed by atoms with E-state index in [1.54, 1.807) is 29.2 Å². The zero-order chi connectivity index (χ0) is 22.6. The van der Waals surface area contributed by atoms with Gasteiger partial charge in [0, 0.05) is 13.1 Å². The number of carbonyl (C=O) groups excluding carboxylic acids is 2. The molecule has 3 rings (SSSR count). The third-order valence-corrected chi connectivity index (χ3v) is 7.17. The first-order valence-corrected chi connectivity index (χ1v) is 11.4. The normalized spacial score (nSPS) is 14.9. The van der Waals surface area contributed by atoms with Crippen molar-refractivity contribution in [1.82, 2.24) is 4.90 Å². The van der Waals surface area contributed by atoms with Crippen LogP contribution in [0.15, 0.2) is 53.4 Å². The number of piperidine rings is 1. The van der Waals surface area contributed by atoms with Gasteiger partial charge in [0.2, 0.25) is 5.91 Å². The van der Waals surface area contributed by atoms with Crippen LogP contribution in [0.5, 0.6) is 0 Å². The van der Waals surface area contributed by atoms with E-state index in [1.165, 1.54) is 19.2 Å². The van der Waals surface area contributed by atoms with Crippen molar-refractivity contribution in [1.29, 1.82) is 0 Å². The van der Waals surface area contributed by atoms with Gasteiger partial charge in [-0.05, 0) is 56.2 Å². The van der Waals surface area contributed by atoms with Gasteiger partial charge in [-0.2, -0.15) is 0 Å². The van der Waals surface area contributed by atoms with E-state index in [0.717, 1.165) is 22.0 Å². The van der Waals surface area contributed by atoms with Crippen molar-refractivity contribution in [3.8, 4) is 0 Å². The molecule has 0 spiro atoms. The van der Waals surface area contributed by atoms with Gasteiger partial charge in [-0.15, -0.1) is 0 Å². The third-order valence-electron chi connectivity index (χ3n) is 5.38. The number of rotatable bonds is 6. The number of esters is 1. The van der Waals surface area contributed by atoms with Gasteiger partial charge < -0.3 is 9.64 Å². The molecule has 0 radical (unpaired) electrons. The molecule has 0 aromatic heterocycles. The molecule has 0 bridgehead atoms. The first kappa shape index (κ1) is 22.7. The number of methoxy groups -OCH3 is 1. The largest absolute Gasteiger partial charge is 0.469 e. The SMILES string of the molecule is COC(=O)C1CCN(C(=O)CN(c2ccc(C)cc2)S(=O)(=O)c2ccc(F)cc2)CC1. The van der Waals surface area contributed by atoms with Crippen molar-refractivity contribution < 1.29 is 27.1 Å². The summed E-state index contributed by atoms with van der Waals surface area (Å²) >= 11 is 0. The number of hydrogen-bond acceptors (Lipinski definition) is 5. The fraction of sp³-hybridized carbons (Fsp3) is 0.364. The van der Waals surface area contributed by atoms with E-state index in [1.807, 2.05) is 6.92 Å². The van der Waals surface area contributed by atoms with Crippen molar-refractivity contribution >= 4 is 27.6 Å². The minimum absolute atomic E-state index is 0.105. The predicted octanol–water partition coefficient (Wildman–Crippen LogP) is 2.74. The molecule has 2 aromatic carbocycles. The van der Waals surface area contributed by atoms with Gasteiger partial charge in [0.15, 0.2) is 0 Å². The Bertz CT molecular complexity index is 1030. The zero-order valence-corrected chi connectivity index (χ0v) is 18.3. The van der Waals surface area contributed by atoms with Gasteiger partial charge in [0.1, 0.15) is 12.4 Å². The molecule has 1 aliphatic rings. The first-order chi connectivity index (χ1) is 14.7. The molecule has 1 fully saturated rings. The highest BCUT2D eigenvalue weighted by atomic mass is 32.2. The van der Waals surface area contributed by atoms with Crippen molar-refractivity contribution in [2.75, 3.05) is 31.0 Å². The van der Waals surface area contributed by atoms with Crippen LogP contribution < -0.4 is 4.31 Å². The van der Waals surface area contributed by atoms with Crippen LogP contribution in [-0.4, -0.2) is 51.9 Å². The molecule has 1 aliphatic heterocycles. The van der Waals surface area contributed by atoms with Crippen LogP contribution in [0.1, 0.15) is 18.4 Å².